The van der Waals surface area contributed by atoms with Crippen LogP contribution in [-0.2, 0) is 4.74 Å². The van der Waals surface area contributed by atoms with Gasteiger partial charge in [-0.1, -0.05) is 23.9 Å². The van der Waals surface area contributed by atoms with Crippen LogP contribution in [0.1, 0.15) is 6.42 Å². The fourth-order valence-corrected chi connectivity index (χ4v) is 4.30. The number of nitrogens with two attached hydrogens (primary N) is 1. The van der Waals surface area contributed by atoms with Crippen LogP contribution in [0.3, 0.4) is 0 Å². The van der Waals surface area contributed by atoms with Crippen molar-refractivity contribution in [1.29, 1.82) is 0 Å². The number of thiazole rings is 1. The van der Waals surface area contributed by atoms with E-state index in [0.717, 1.165) is 29.5 Å². The summed E-state index contributed by atoms with van der Waals surface area (Å²) in [5.74, 6) is 0. The molecule has 1 saturated heterocycles. The number of nitrogens with zero attached hydrogens (tertiary/aromatic N) is 1. The van der Waals surface area contributed by atoms with Crippen molar-refractivity contribution >= 4 is 33.3 Å². The van der Waals surface area contributed by atoms with E-state index >= 15 is 0 Å². The summed E-state index contributed by atoms with van der Waals surface area (Å²) in [5, 5.41) is 0.337. The minimum absolute atomic E-state index is 0.223. The van der Waals surface area contributed by atoms with Gasteiger partial charge in [0.05, 0.1) is 22.1 Å². The molecule has 2 atom stereocenters. The van der Waals surface area contributed by atoms with Gasteiger partial charge in [0, 0.05) is 12.6 Å². The first-order valence-corrected chi connectivity index (χ1v) is 7.38. The Morgan fingerprint density at radius 3 is 3.12 bits per heavy atom. The topological polar surface area (TPSA) is 48.1 Å². The summed E-state index contributed by atoms with van der Waals surface area (Å²) in [7, 11) is 0. The first-order valence-electron chi connectivity index (χ1n) is 5.68. The zero-order chi connectivity index (χ0) is 11.7. The van der Waals surface area contributed by atoms with Crippen LogP contribution in [-0.4, -0.2) is 29.5 Å². The molecule has 2 aromatic rings. The van der Waals surface area contributed by atoms with Gasteiger partial charge in [-0.15, -0.1) is 11.3 Å². The van der Waals surface area contributed by atoms with Crippen molar-refractivity contribution in [2.75, 3.05) is 13.2 Å². The molecule has 1 aromatic heterocycles. The van der Waals surface area contributed by atoms with E-state index in [1.165, 1.54) is 4.70 Å². The summed E-state index contributed by atoms with van der Waals surface area (Å²) in [6.07, 6.45) is 0.947. The second kappa shape index (κ2) is 4.94. The van der Waals surface area contributed by atoms with E-state index in [0.29, 0.717) is 5.25 Å². The molecule has 0 radical (unpaired) electrons. The third-order valence-corrected chi connectivity index (χ3v) is 5.33. The van der Waals surface area contributed by atoms with Crippen LogP contribution in [0.15, 0.2) is 28.6 Å². The Kier molecular flexibility index (Phi) is 3.33. The molecule has 0 saturated carbocycles. The number of hydrogen-bond donors (Lipinski definition) is 1. The van der Waals surface area contributed by atoms with E-state index in [-0.39, 0.29) is 6.04 Å². The van der Waals surface area contributed by atoms with E-state index in [2.05, 4.69) is 11.1 Å². The molecule has 0 aliphatic carbocycles. The van der Waals surface area contributed by atoms with Crippen molar-refractivity contribution in [3.8, 4) is 0 Å². The van der Waals surface area contributed by atoms with E-state index in [9.17, 15) is 0 Å². The minimum Gasteiger partial charge on any atom is -0.380 e. The van der Waals surface area contributed by atoms with Crippen LogP contribution in [0.5, 0.6) is 0 Å². The van der Waals surface area contributed by atoms with Crippen molar-refractivity contribution in [2.24, 2.45) is 5.73 Å². The number of benzene rings is 1. The standard InChI is InChI=1S/C12H14N2OS2/c13-8-5-6-15-7-11(8)17-12-14-9-3-1-2-4-10(9)16-12/h1-4,8,11H,5-7,13H2. The molecule has 17 heavy (non-hydrogen) atoms. The Morgan fingerprint density at radius 2 is 2.29 bits per heavy atom. The smallest absolute Gasteiger partial charge is 0.151 e. The SMILES string of the molecule is NC1CCOCC1Sc1nc2ccccc2s1. The Morgan fingerprint density at radius 1 is 1.41 bits per heavy atom. The second-order valence-corrected chi connectivity index (χ2v) is 6.65. The molecule has 1 aliphatic rings. The van der Waals surface area contributed by atoms with Crippen LogP contribution in [0.2, 0.25) is 0 Å². The maximum Gasteiger partial charge on any atom is 0.151 e. The minimum atomic E-state index is 0.223. The highest BCUT2D eigenvalue weighted by atomic mass is 32.2. The second-order valence-electron chi connectivity index (χ2n) is 4.13. The zero-order valence-corrected chi connectivity index (χ0v) is 11.0. The number of thioether (sulfide) groups is 1. The lowest BCUT2D eigenvalue weighted by atomic mass is 10.1. The van der Waals surface area contributed by atoms with Gasteiger partial charge in [0.2, 0.25) is 0 Å². The first-order chi connectivity index (χ1) is 8.33. The fourth-order valence-electron chi connectivity index (χ4n) is 1.88. The summed E-state index contributed by atoms with van der Waals surface area (Å²) < 4.78 is 7.81. The van der Waals surface area contributed by atoms with Gasteiger partial charge in [0.1, 0.15) is 0 Å². The van der Waals surface area contributed by atoms with Gasteiger partial charge in [-0.25, -0.2) is 4.98 Å². The van der Waals surface area contributed by atoms with Gasteiger partial charge in [0.15, 0.2) is 4.34 Å². The number of hydrogen-bond acceptors (Lipinski definition) is 5. The first kappa shape index (κ1) is 11.5. The van der Waals surface area contributed by atoms with Crippen molar-refractivity contribution in [1.82, 2.24) is 4.98 Å². The molecule has 2 N–H and O–H groups in total. The summed E-state index contributed by atoms with van der Waals surface area (Å²) in [6, 6.07) is 8.44. The molecule has 2 heterocycles. The van der Waals surface area contributed by atoms with Crippen molar-refractivity contribution in [2.45, 2.75) is 22.1 Å². The highest BCUT2D eigenvalue weighted by molar-refractivity contribution is 8.01. The average molecular weight is 266 g/mol. The summed E-state index contributed by atoms with van der Waals surface area (Å²) in [5.41, 5.74) is 7.17. The molecule has 0 bridgehead atoms. The molecule has 0 spiro atoms. The number of aromatic nitrogens is 1. The van der Waals surface area contributed by atoms with E-state index in [1.54, 1.807) is 23.1 Å². The average Bonchev–Trinajstić information content (AvgIpc) is 2.74. The summed E-state index contributed by atoms with van der Waals surface area (Å²) in [6.45, 7) is 1.53. The number of rotatable bonds is 2. The maximum atomic E-state index is 6.10. The monoisotopic (exact) mass is 266 g/mol. The quantitative estimate of drug-likeness (QED) is 0.907. The van der Waals surface area contributed by atoms with Gasteiger partial charge in [-0.3, -0.25) is 0 Å². The highest BCUT2D eigenvalue weighted by Crippen LogP contribution is 2.34. The van der Waals surface area contributed by atoms with Gasteiger partial charge >= 0.3 is 0 Å². The predicted octanol–water partition coefficient (Wildman–Crippen LogP) is 2.50. The summed E-state index contributed by atoms with van der Waals surface area (Å²) in [4.78, 5) is 4.61. The zero-order valence-electron chi connectivity index (χ0n) is 9.33. The van der Waals surface area contributed by atoms with E-state index < -0.39 is 0 Å². The molecule has 1 aromatic carbocycles. The van der Waals surface area contributed by atoms with Crippen molar-refractivity contribution in [3.05, 3.63) is 24.3 Å². The fraction of sp³-hybridized carbons (Fsp3) is 0.417. The van der Waals surface area contributed by atoms with Crippen LogP contribution < -0.4 is 5.73 Å². The lowest BCUT2D eigenvalue weighted by molar-refractivity contribution is 0.0916. The number of ether oxygens (including phenoxy) is 1. The predicted molar refractivity (Wildman–Crippen MR) is 72.7 cm³/mol. The maximum absolute atomic E-state index is 6.10. The lowest BCUT2D eigenvalue weighted by Crippen LogP contribution is -2.40. The van der Waals surface area contributed by atoms with Gasteiger partial charge in [-0.05, 0) is 18.6 Å². The van der Waals surface area contributed by atoms with Gasteiger partial charge < -0.3 is 10.5 Å². The largest absolute Gasteiger partial charge is 0.380 e. The molecule has 90 valence electrons. The van der Waals surface area contributed by atoms with Crippen LogP contribution in [0.25, 0.3) is 10.2 Å². The molecular weight excluding hydrogens is 252 g/mol. The third kappa shape index (κ3) is 2.47. The molecule has 1 aliphatic heterocycles. The third-order valence-electron chi connectivity index (χ3n) is 2.88. The number of para-hydroxylation sites is 1. The Labute approximate surface area is 108 Å². The molecule has 2 unspecified atom stereocenters. The van der Waals surface area contributed by atoms with Crippen molar-refractivity contribution in [3.63, 3.8) is 0 Å². The normalized spacial score (nSPS) is 25.2. The summed E-state index contributed by atoms with van der Waals surface area (Å²) >= 11 is 3.49. The van der Waals surface area contributed by atoms with E-state index in [4.69, 9.17) is 10.5 Å². The van der Waals surface area contributed by atoms with Crippen LogP contribution in [0, 0.1) is 0 Å². The van der Waals surface area contributed by atoms with Crippen LogP contribution >= 0.6 is 23.1 Å². The Balaban J connectivity index is 1.79. The van der Waals surface area contributed by atoms with Crippen molar-refractivity contribution < 1.29 is 4.74 Å². The van der Waals surface area contributed by atoms with E-state index in [1.807, 2.05) is 18.2 Å². The molecule has 3 rings (SSSR count). The lowest BCUT2D eigenvalue weighted by Gasteiger charge is -2.27. The molecule has 1 fully saturated rings. The van der Waals surface area contributed by atoms with Gasteiger partial charge in [-0.2, -0.15) is 0 Å². The Bertz CT molecular complexity index is 481. The molecular formula is C12H14N2OS2. The molecule has 0 amide bonds. The molecule has 5 heteroatoms. The highest BCUT2D eigenvalue weighted by Gasteiger charge is 2.24. The number of fused-ring (bicyclic) bond motifs is 1. The van der Waals surface area contributed by atoms with Crippen LogP contribution in [0.4, 0.5) is 0 Å². The Hall–Kier alpha value is -0.620. The van der Waals surface area contributed by atoms with Gasteiger partial charge in [0.25, 0.3) is 0 Å². The molecule has 3 nitrogen and oxygen atoms in total.